The van der Waals surface area contributed by atoms with E-state index in [1.807, 2.05) is 0 Å². The van der Waals surface area contributed by atoms with Crippen LogP contribution in [0.3, 0.4) is 0 Å². The highest BCUT2D eigenvalue weighted by molar-refractivity contribution is 5.28. The van der Waals surface area contributed by atoms with E-state index in [2.05, 4.69) is 48.5 Å². The summed E-state index contributed by atoms with van der Waals surface area (Å²) in [6, 6.07) is 0. The summed E-state index contributed by atoms with van der Waals surface area (Å²) in [6.45, 7) is 16.8. The van der Waals surface area contributed by atoms with E-state index in [0.29, 0.717) is 11.5 Å². The van der Waals surface area contributed by atoms with E-state index in [1.54, 1.807) is 0 Å². The van der Waals surface area contributed by atoms with Crippen molar-refractivity contribution in [3.8, 4) is 0 Å². The van der Waals surface area contributed by atoms with Crippen molar-refractivity contribution in [2.45, 2.75) is 142 Å². The normalized spacial score (nSPS) is 54.7. The fraction of sp³-hybridized carbons (Fsp3) is 1.00. The number of fused-ring (bicyclic) bond motifs is 5. The van der Waals surface area contributed by atoms with Crippen LogP contribution in [0, 0.1) is 46.3 Å². The van der Waals surface area contributed by atoms with Crippen molar-refractivity contribution in [3.05, 3.63) is 0 Å². The summed E-state index contributed by atoms with van der Waals surface area (Å²) in [5.41, 5.74) is 0.740. The molecule has 1 spiro atoms. The first-order valence-electron chi connectivity index (χ1n) is 14.6. The SMILES string of the molecule is CC(C)CCC[C@H](C)[C@@H]1CC[C@@H]2[C@@H]3C[C@@H]4O[C@@]45[C@@H]4OC(C)(C)O[C@@H]4CC[C@]5(C)[C@H]3CC[C@]21C. The lowest BCUT2D eigenvalue weighted by molar-refractivity contribution is -0.166. The number of epoxide rings is 1. The largest absolute Gasteiger partial charge is 0.362 e. The molecule has 0 aromatic carbocycles. The van der Waals surface area contributed by atoms with Crippen molar-refractivity contribution in [2.75, 3.05) is 0 Å². The Morgan fingerprint density at radius 3 is 2.36 bits per heavy atom. The van der Waals surface area contributed by atoms with Crippen LogP contribution in [-0.4, -0.2) is 29.7 Å². The van der Waals surface area contributed by atoms with Crippen LogP contribution in [0.5, 0.6) is 0 Å². The maximum atomic E-state index is 6.80. The third kappa shape index (κ3) is 3.16. The van der Waals surface area contributed by atoms with Gasteiger partial charge in [-0.1, -0.05) is 53.9 Å². The van der Waals surface area contributed by atoms with E-state index in [9.17, 15) is 0 Å². The topological polar surface area (TPSA) is 31.0 Å². The zero-order valence-corrected chi connectivity index (χ0v) is 22.5. The number of hydrogen-bond acceptors (Lipinski definition) is 3. The Hall–Kier alpha value is -0.120. The molecule has 0 aromatic rings. The van der Waals surface area contributed by atoms with Crippen LogP contribution in [-0.2, 0) is 14.2 Å². The lowest BCUT2D eigenvalue weighted by Gasteiger charge is -2.60. The van der Waals surface area contributed by atoms with Crippen molar-refractivity contribution in [1.82, 2.24) is 0 Å². The molecule has 0 aromatic heterocycles. The Morgan fingerprint density at radius 2 is 1.61 bits per heavy atom. The molecule has 4 saturated carbocycles. The van der Waals surface area contributed by atoms with Gasteiger partial charge in [0.15, 0.2) is 5.79 Å². The third-order valence-corrected chi connectivity index (χ3v) is 12.1. The quantitative estimate of drug-likeness (QED) is 0.403. The summed E-state index contributed by atoms with van der Waals surface area (Å²) < 4.78 is 19.7. The molecule has 0 amide bonds. The van der Waals surface area contributed by atoms with Gasteiger partial charge < -0.3 is 14.2 Å². The van der Waals surface area contributed by atoms with Crippen LogP contribution in [0.15, 0.2) is 0 Å². The van der Waals surface area contributed by atoms with Crippen LogP contribution in [0.1, 0.15) is 113 Å². The molecule has 0 N–H and O–H groups in total. The van der Waals surface area contributed by atoms with Gasteiger partial charge >= 0.3 is 0 Å². The fourth-order valence-electron chi connectivity index (χ4n) is 10.7. The maximum Gasteiger partial charge on any atom is 0.163 e. The first-order chi connectivity index (χ1) is 15.5. The van der Waals surface area contributed by atoms with Crippen LogP contribution in [0.2, 0.25) is 0 Å². The second-order valence-corrected chi connectivity index (χ2v) is 14.6. The van der Waals surface area contributed by atoms with Gasteiger partial charge in [0.25, 0.3) is 0 Å². The molecule has 4 aliphatic carbocycles. The molecule has 2 aliphatic heterocycles. The molecule has 6 fully saturated rings. The highest BCUT2D eigenvalue weighted by Gasteiger charge is 2.81. The van der Waals surface area contributed by atoms with E-state index in [4.69, 9.17) is 14.2 Å². The lowest BCUT2D eigenvalue weighted by atomic mass is 9.44. The van der Waals surface area contributed by atoms with Crippen LogP contribution in [0.4, 0.5) is 0 Å². The van der Waals surface area contributed by atoms with Crippen molar-refractivity contribution in [1.29, 1.82) is 0 Å². The Bertz CT molecular complexity index is 777. The summed E-state index contributed by atoms with van der Waals surface area (Å²) in [5.74, 6) is 4.76. The zero-order valence-electron chi connectivity index (χ0n) is 22.5. The van der Waals surface area contributed by atoms with Crippen LogP contribution < -0.4 is 0 Å². The summed E-state index contributed by atoms with van der Waals surface area (Å²) in [6.07, 6.45) is 14.5. The Kier molecular flexibility index (Phi) is 5.26. The van der Waals surface area contributed by atoms with E-state index >= 15 is 0 Å². The summed E-state index contributed by atoms with van der Waals surface area (Å²) >= 11 is 0. The third-order valence-electron chi connectivity index (χ3n) is 12.1. The van der Waals surface area contributed by atoms with Gasteiger partial charge in [0.05, 0.1) is 12.2 Å². The highest BCUT2D eigenvalue weighted by atomic mass is 16.8. The van der Waals surface area contributed by atoms with Gasteiger partial charge in [-0.3, -0.25) is 0 Å². The van der Waals surface area contributed by atoms with Gasteiger partial charge in [0.1, 0.15) is 11.7 Å². The van der Waals surface area contributed by atoms with E-state index in [0.717, 1.165) is 41.9 Å². The van der Waals surface area contributed by atoms with E-state index < -0.39 is 5.79 Å². The predicted molar refractivity (Wildman–Crippen MR) is 132 cm³/mol. The molecule has 188 valence electrons. The smallest absolute Gasteiger partial charge is 0.163 e. The highest BCUT2D eigenvalue weighted by Crippen LogP contribution is 2.75. The van der Waals surface area contributed by atoms with Gasteiger partial charge in [0.2, 0.25) is 0 Å². The lowest BCUT2D eigenvalue weighted by Crippen LogP contribution is -2.63. The average Bonchev–Trinajstić information content (AvgIpc) is 3.21. The minimum atomic E-state index is -0.460. The maximum absolute atomic E-state index is 6.80. The Labute approximate surface area is 203 Å². The monoisotopic (exact) mass is 458 g/mol. The number of hydrogen-bond donors (Lipinski definition) is 0. The van der Waals surface area contributed by atoms with Gasteiger partial charge in [0, 0.05) is 5.41 Å². The van der Waals surface area contributed by atoms with Gasteiger partial charge in [-0.2, -0.15) is 0 Å². The second-order valence-electron chi connectivity index (χ2n) is 14.6. The van der Waals surface area contributed by atoms with Crippen molar-refractivity contribution in [3.63, 3.8) is 0 Å². The summed E-state index contributed by atoms with van der Waals surface area (Å²) in [7, 11) is 0. The summed E-state index contributed by atoms with van der Waals surface area (Å²) in [5, 5.41) is 0. The van der Waals surface area contributed by atoms with Crippen molar-refractivity contribution >= 4 is 0 Å². The first-order valence-corrected chi connectivity index (χ1v) is 14.6. The molecule has 0 unspecified atom stereocenters. The van der Waals surface area contributed by atoms with Gasteiger partial charge in [-0.05, 0) is 99.7 Å². The van der Waals surface area contributed by atoms with Crippen LogP contribution >= 0.6 is 0 Å². The van der Waals surface area contributed by atoms with E-state index in [-0.39, 0.29) is 23.2 Å². The van der Waals surface area contributed by atoms with Crippen molar-refractivity contribution in [2.24, 2.45) is 46.3 Å². The minimum Gasteiger partial charge on any atom is -0.362 e. The molecule has 2 heterocycles. The molecule has 11 atom stereocenters. The Morgan fingerprint density at radius 1 is 0.818 bits per heavy atom. The summed E-state index contributed by atoms with van der Waals surface area (Å²) in [4.78, 5) is 0. The molecule has 6 aliphatic rings. The molecule has 3 nitrogen and oxygen atoms in total. The Balaban J connectivity index is 1.22. The average molecular weight is 459 g/mol. The molecule has 6 rings (SSSR count). The molecule has 3 heteroatoms. The molecule has 2 saturated heterocycles. The zero-order chi connectivity index (χ0) is 23.4. The molecule has 0 bridgehead atoms. The molecular weight excluding hydrogens is 408 g/mol. The van der Waals surface area contributed by atoms with E-state index in [1.165, 1.54) is 57.8 Å². The van der Waals surface area contributed by atoms with Gasteiger partial charge in [-0.15, -0.1) is 0 Å². The molecule has 33 heavy (non-hydrogen) atoms. The van der Waals surface area contributed by atoms with Crippen LogP contribution in [0.25, 0.3) is 0 Å². The number of rotatable bonds is 5. The second kappa shape index (κ2) is 7.45. The standard InChI is InChI=1S/C30H50O3/c1-18(2)9-8-10-19(3)21-11-12-22-20-17-25-30(32-25)26-24(31-27(4,5)33-26)14-16-29(30,7)23(20)13-15-28(21,22)6/h18-26H,8-17H2,1-7H3/t19-,20-,21-,22+,23-,24+,25-,26+,28-,29+,30+/m0/s1. The predicted octanol–water partition coefficient (Wildman–Crippen LogP) is 7.37. The van der Waals surface area contributed by atoms with Crippen molar-refractivity contribution < 1.29 is 14.2 Å². The first kappa shape index (κ1) is 23.3. The molecule has 0 radical (unpaired) electrons. The minimum absolute atomic E-state index is 0.0687. The molecular formula is C30H50O3. The fourth-order valence-corrected chi connectivity index (χ4v) is 10.7. The number of ether oxygens (including phenoxy) is 3. The van der Waals surface area contributed by atoms with Gasteiger partial charge in [-0.25, -0.2) is 0 Å².